The highest BCUT2D eigenvalue weighted by Gasteiger charge is 2.55. The standard InChI is InChI=1S/C27H35BClNO5/c1-17(30-23(31)33-24(2,3)4)27(18-12-10-9-11-13-18)16-19-21(32-27)15-14-20(29)22(19)28-34-25(5,6)26(7,8)35-28/h9-15,17H,16H2,1-8H3,(H,30,31)/t17?,27-/m1/s1. The van der Waals surface area contributed by atoms with Crippen LogP contribution in [0.3, 0.4) is 0 Å². The van der Waals surface area contributed by atoms with Gasteiger partial charge in [-0.3, -0.25) is 0 Å². The molecule has 0 spiro atoms. The van der Waals surface area contributed by atoms with Gasteiger partial charge in [-0.25, -0.2) is 4.79 Å². The van der Waals surface area contributed by atoms with Crippen LogP contribution in [0.1, 0.15) is 66.5 Å². The molecule has 1 saturated heterocycles. The largest absolute Gasteiger partial charge is 0.496 e. The number of alkyl carbamates (subject to hydrolysis) is 1. The van der Waals surface area contributed by atoms with Crippen LogP contribution in [-0.2, 0) is 26.1 Å². The number of ether oxygens (including phenoxy) is 2. The summed E-state index contributed by atoms with van der Waals surface area (Å²) >= 11 is 6.74. The zero-order chi connectivity index (χ0) is 25.8. The van der Waals surface area contributed by atoms with Gasteiger partial charge >= 0.3 is 13.2 Å². The van der Waals surface area contributed by atoms with Gasteiger partial charge in [0.15, 0.2) is 5.60 Å². The topological polar surface area (TPSA) is 66.0 Å². The van der Waals surface area contributed by atoms with Gasteiger partial charge in [0.1, 0.15) is 11.4 Å². The van der Waals surface area contributed by atoms with E-state index in [0.717, 1.165) is 16.6 Å². The zero-order valence-electron chi connectivity index (χ0n) is 21.8. The van der Waals surface area contributed by atoms with E-state index in [4.69, 9.17) is 30.4 Å². The highest BCUT2D eigenvalue weighted by molar-refractivity contribution is 6.66. The predicted molar refractivity (Wildman–Crippen MR) is 138 cm³/mol. The lowest BCUT2D eigenvalue weighted by molar-refractivity contribution is 0.00578. The van der Waals surface area contributed by atoms with Crippen molar-refractivity contribution in [2.45, 2.75) is 90.3 Å². The number of carbonyl (C=O) groups excluding carboxylic acids is 1. The predicted octanol–water partition coefficient (Wildman–Crippen LogP) is 5.38. The Morgan fingerprint density at radius 3 is 2.23 bits per heavy atom. The van der Waals surface area contributed by atoms with E-state index in [-0.39, 0.29) is 0 Å². The van der Waals surface area contributed by atoms with Crippen molar-refractivity contribution < 1.29 is 23.6 Å². The Kier molecular flexibility index (Phi) is 6.44. The molecule has 2 heterocycles. The first-order valence-electron chi connectivity index (χ1n) is 12.1. The molecular formula is C27H35BClNO5. The molecule has 0 aromatic heterocycles. The van der Waals surface area contributed by atoms with Crippen molar-refractivity contribution in [3.05, 3.63) is 58.6 Å². The molecule has 8 heteroatoms. The summed E-state index contributed by atoms with van der Waals surface area (Å²) in [6.45, 7) is 15.5. The van der Waals surface area contributed by atoms with Crippen molar-refractivity contribution in [1.82, 2.24) is 5.32 Å². The number of fused-ring (bicyclic) bond motifs is 1. The molecule has 35 heavy (non-hydrogen) atoms. The third kappa shape index (κ3) is 4.78. The number of amides is 1. The van der Waals surface area contributed by atoms with Crippen molar-refractivity contribution in [2.24, 2.45) is 0 Å². The molecule has 1 unspecified atom stereocenters. The number of carbonyl (C=O) groups is 1. The van der Waals surface area contributed by atoms with E-state index in [2.05, 4.69) is 5.32 Å². The summed E-state index contributed by atoms with van der Waals surface area (Å²) in [6.07, 6.45) is -0.0207. The van der Waals surface area contributed by atoms with Crippen molar-refractivity contribution in [3.63, 3.8) is 0 Å². The maximum atomic E-state index is 12.7. The highest BCUT2D eigenvalue weighted by Crippen LogP contribution is 2.45. The van der Waals surface area contributed by atoms with Crippen LogP contribution in [0.4, 0.5) is 4.79 Å². The number of halogens is 1. The van der Waals surface area contributed by atoms with E-state index in [1.165, 1.54) is 0 Å². The minimum Gasteiger partial charge on any atom is -0.480 e. The Balaban J connectivity index is 1.74. The van der Waals surface area contributed by atoms with E-state index in [1.54, 1.807) is 0 Å². The molecule has 0 bridgehead atoms. The quantitative estimate of drug-likeness (QED) is 0.572. The van der Waals surface area contributed by atoms with Crippen LogP contribution in [0.2, 0.25) is 5.02 Å². The second kappa shape index (κ2) is 8.72. The molecule has 2 aromatic rings. The third-order valence-electron chi connectivity index (χ3n) is 7.18. The van der Waals surface area contributed by atoms with Gasteiger partial charge in [0.25, 0.3) is 0 Å². The molecule has 2 atom stereocenters. The smallest absolute Gasteiger partial charge is 0.480 e. The number of nitrogens with one attached hydrogen (secondary N) is 1. The molecule has 2 aliphatic rings. The Labute approximate surface area is 213 Å². The molecule has 1 N–H and O–H groups in total. The van der Waals surface area contributed by atoms with E-state index >= 15 is 0 Å². The van der Waals surface area contributed by atoms with Crippen LogP contribution in [0, 0.1) is 0 Å². The van der Waals surface area contributed by atoms with Gasteiger partial charge in [-0.1, -0.05) is 41.9 Å². The van der Waals surface area contributed by atoms with Gasteiger partial charge in [0.05, 0.1) is 17.2 Å². The first-order valence-corrected chi connectivity index (χ1v) is 12.4. The molecule has 2 aromatic carbocycles. The summed E-state index contributed by atoms with van der Waals surface area (Å²) in [4.78, 5) is 12.7. The van der Waals surface area contributed by atoms with Gasteiger partial charge in [0.2, 0.25) is 0 Å². The summed E-state index contributed by atoms with van der Waals surface area (Å²) in [5.41, 5.74) is 0.124. The number of hydrogen-bond acceptors (Lipinski definition) is 5. The number of rotatable bonds is 4. The van der Waals surface area contributed by atoms with Gasteiger partial charge < -0.3 is 24.1 Å². The Morgan fingerprint density at radius 2 is 1.66 bits per heavy atom. The molecule has 4 rings (SSSR count). The molecule has 0 saturated carbocycles. The lowest BCUT2D eigenvalue weighted by Gasteiger charge is -2.36. The average Bonchev–Trinajstić information content (AvgIpc) is 3.22. The zero-order valence-corrected chi connectivity index (χ0v) is 22.6. The van der Waals surface area contributed by atoms with E-state index in [9.17, 15) is 4.79 Å². The Bertz CT molecular complexity index is 1100. The molecule has 0 aliphatic carbocycles. The average molecular weight is 500 g/mol. The maximum Gasteiger partial charge on any atom is 0.496 e. The van der Waals surface area contributed by atoms with Crippen LogP contribution in [0.15, 0.2) is 42.5 Å². The minimum atomic E-state index is -0.871. The van der Waals surface area contributed by atoms with Crippen molar-refractivity contribution in [1.29, 1.82) is 0 Å². The Hall–Kier alpha value is -2.22. The monoisotopic (exact) mass is 499 g/mol. The highest BCUT2D eigenvalue weighted by atomic mass is 35.5. The summed E-state index contributed by atoms with van der Waals surface area (Å²) < 4.78 is 24.9. The van der Waals surface area contributed by atoms with E-state index in [0.29, 0.717) is 17.2 Å². The number of benzene rings is 2. The van der Waals surface area contributed by atoms with E-state index < -0.39 is 41.7 Å². The first-order chi connectivity index (χ1) is 16.2. The summed E-state index contributed by atoms with van der Waals surface area (Å²) in [5, 5.41) is 3.56. The summed E-state index contributed by atoms with van der Waals surface area (Å²) in [7, 11) is -0.633. The SMILES string of the molecule is CC(NC(=O)OC(C)(C)C)[C@@]1(c2ccccc2)Cc2c(ccc(Cl)c2B2OC(C)(C)C(C)(C)O2)O1. The molecular weight excluding hydrogens is 465 g/mol. The van der Waals surface area contributed by atoms with Gasteiger partial charge in [-0.05, 0) is 78.6 Å². The lowest BCUT2D eigenvalue weighted by atomic mass is 9.72. The fourth-order valence-corrected chi connectivity index (χ4v) is 4.84. The first kappa shape index (κ1) is 25.9. The van der Waals surface area contributed by atoms with Crippen LogP contribution in [0.25, 0.3) is 0 Å². The molecule has 188 valence electrons. The van der Waals surface area contributed by atoms with Crippen LogP contribution >= 0.6 is 11.6 Å². The molecule has 1 fully saturated rings. The third-order valence-corrected chi connectivity index (χ3v) is 7.51. The van der Waals surface area contributed by atoms with Crippen molar-refractivity contribution >= 4 is 30.3 Å². The second-order valence-electron chi connectivity index (χ2n) is 11.4. The normalized spacial score (nSPS) is 23.4. The van der Waals surface area contributed by atoms with Crippen LogP contribution in [0.5, 0.6) is 5.75 Å². The van der Waals surface area contributed by atoms with Crippen molar-refractivity contribution in [2.75, 3.05) is 0 Å². The lowest BCUT2D eigenvalue weighted by Crippen LogP contribution is -2.53. The maximum absolute atomic E-state index is 12.7. The van der Waals surface area contributed by atoms with Crippen LogP contribution in [-0.4, -0.2) is 36.1 Å². The molecule has 1 amide bonds. The second-order valence-corrected chi connectivity index (χ2v) is 11.8. The Morgan fingerprint density at radius 1 is 1.06 bits per heavy atom. The summed E-state index contributed by atoms with van der Waals surface area (Å²) in [6, 6.07) is 13.2. The fraction of sp³-hybridized carbons (Fsp3) is 0.519. The van der Waals surface area contributed by atoms with Crippen molar-refractivity contribution in [3.8, 4) is 5.75 Å². The van der Waals surface area contributed by atoms with Gasteiger partial charge in [0, 0.05) is 16.9 Å². The molecule has 2 aliphatic heterocycles. The number of hydrogen-bond donors (Lipinski definition) is 1. The fourth-order valence-electron chi connectivity index (χ4n) is 4.58. The van der Waals surface area contributed by atoms with E-state index in [1.807, 2.05) is 97.9 Å². The molecule has 0 radical (unpaired) electrons. The van der Waals surface area contributed by atoms with Gasteiger partial charge in [-0.15, -0.1) is 0 Å². The van der Waals surface area contributed by atoms with Gasteiger partial charge in [-0.2, -0.15) is 0 Å². The minimum absolute atomic E-state index is 0.419. The van der Waals surface area contributed by atoms with Crippen LogP contribution < -0.4 is 15.5 Å². The molecule has 6 nitrogen and oxygen atoms in total. The summed E-state index contributed by atoms with van der Waals surface area (Å²) in [5.74, 6) is 0.695.